The van der Waals surface area contributed by atoms with Gasteiger partial charge in [0.2, 0.25) is 0 Å². The van der Waals surface area contributed by atoms with Crippen LogP contribution in [0.5, 0.6) is 0 Å². The summed E-state index contributed by atoms with van der Waals surface area (Å²) in [4.78, 5) is 11.5. The van der Waals surface area contributed by atoms with E-state index in [-0.39, 0.29) is 21.3 Å². The highest BCUT2D eigenvalue weighted by Crippen LogP contribution is 2.47. The Labute approximate surface area is 214 Å². The van der Waals surface area contributed by atoms with Crippen molar-refractivity contribution in [2.75, 3.05) is 4.72 Å². The van der Waals surface area contributed by atoms with Crippen LogP contribution >= 0.6 is 0 Å². The van der Waals surface area contributed by atoms with Crippen LogP contribution in [0.25, 0.3) is 0 Å². The molecule has 1 aliphatic carbocycles. The van der Waals surface area contributed by atoms with E-state index in [0.29, 0.717) is 17.7 Å². The van der Waals surface area contributed by atoms with Gasteiger partial charge in [-0.1, -0.05) is 63.6 Å². The van der Waals surface area contributed by atoms with Crippen LogP contribution in [0.1, 0.15) is 84.3 Å². The number of hydrogen-bond acceptors (Lipinski definition) is 3. The first kappa shape index (κ1) is 26.0. The van der Waals surface area contributed by atoms with Crippen molar-refractivity contribution in [1.82, 2.24) is 0 Å². The number of aryl methyl sites for hydroxylation is 2. The molecule has 0 bridgehead atoms. The number of carboxylic acid groups (broad SMARTS) is 1. The maximum atomic E-state index is 13.5. The summed E-state index contributed by atoms with van der Waals surface area (Å²) >= 11 is 0. The van der Waals surface area contributed by atoms with Gasteiger partial charge in [-0.25, -0.2) is 13.2 Å². The van der Waals surface area contributed by atoms with E-state index in [1.54, 1.807) is 30.3 Å². The van der Waals surface area contributed by atoms with Crippen LogP contribution in [-0.2, 0) is 27.3 Å². The summed E-state index contributed by atoms with van der Waals surface area (Å²) in [5.74, 6) is -0.971. The summed E-state index contributed by atoms with van der Waals surface area (Å²) in [7, 11) is -3.81. The molecular weight excluding hydrogens is 470 g/mol. The average Bonchev–Trinajstić information content (AvgIpc) is 2.77. The minimum absolute atomic E-state index is 0.0300. The van der Waals surface area contributed by atoms with Crippen molar-refractivity contribution in [2.45, 2.75) is 76.5 Å². The van der Waals surface area contributed by atoms with Gasteiger partial charge in [-0.2, -0.15) is 0 Å². The van der Waals surface area contributed by atoms with Crippen LogP contribution in [0.4, 0.5) is 5.69 Å². The molecule has 3 aromatic carbocycles. The molecule has 3 aromatic rings. The van der Waals surface area contributed by atoms with Crippen molar-refractivity contribution in [2.24, 2.45) is 0 Å². The number of nitrogens with one attached hydrogen (secondary N) is 1. The fraction of sp³-hybridized carbons (Fsp3) is 0.367. The highest BCUT2D eigenvalue weighted by Gasteiger charge is 2.38. The van der Waals surface area contributed by atoms with Gasteiger partial charge in [0.15, 0.2) is 0 Å². The Morgan fingerprint density at radius 2 is 1.47 bits per heavy atom. The molecule has 0 radical (unpaired) electrons. The summed E-state index contributed by atoms with van der Waals surface area (Å²) in [6.45, 7) is 12.7. The maximum absolute atomic E-state index is 13.5. The summed E-state index contributed by atoms with van der Waals surface area (Å²) in [5.41, 5.74) is 6.60. The Morgan fingerprint density at radius 1 is 0.889 bits per heavy atom. The zero-order valence-corrected chi connectivity index (χ0v) is 22.7. The second kappa shape index (κ2) is 9.07. The molecule has 190 valence electrons. The molecule has 0 aromatic heterocycles. The summed E-state index contributed by atoms with van der Waals surface area (Å²) in [6, 6.07) is 16.3. The molecular formula is C30H35NO4S. The number of rotatable bonds is 6. The number of anilines is 1. The van der Waals surface area contributed by atoms with Crippen molar-refractivity contribution in [1.29, 1.82) is 0 Å². The van der Waals surface area contributed by atoms with Crippen molar-refractivity contribution in [3.05, 3.63) is 93.5 Å². The second-order valence-corrected chi connectivity index (χ2v) is 13.0. The molecule has 0 aliphatic heterocycles. The normalized spacial score (nSPS) is 16.3. The number of carboxylic acids is 1. The zero-order valence-electron chi connectivity index (χ0n) is 21.9. The molecule has 0 spiro atoms. The largest absolute Gasteiger partial charge is 0.478 e. The van der Waals surface area contributed by atoms with E-state index < -0.39 is 16.0 Å². The van der Waals surface area contributed by atoms with Crippen molar-refractivity contribution < 1.29 is 18.3 Å². The maximum Gasteiger partial charge on any atom is 0.335 e. The van der Waals surface area contributed by atoms with Gasteiger partial charge in [0, 0.05) is 0 Å². The second-order valence-electron chi connectivity index (χ2n) is 11.4. The first-order valence-electron chi connectivity index (χ1n) is 12.3. The molecule has 4 rings (SSSR count). The lowest BCUT2D eigenvalue weighted by Crippen LogP contribution is -2.34. The predicted octanol–water partition coefficient (Wildman–Crippen LogP) is 6.74. The Balaban J connectivity index is 1.85. The van der Waals surface area contributed by atoms with Gasteiger partial charge in [-0.3, -0.25) is 4.72 Å². The molecule has 0 fully saturated rings. The van der Waals surface area contributed by atoms with Gasteiger partial charge in [0.25, 0.3) is 10.0 Å². The fourth-order valence-corrected chi connectivity index (χ4v) is 6.51. The topological polar surface area (TPSA) is 83.5 Å². The number of sulfonamides is 1. The minimum atomic E-state index is -3.81. The molecule has 5 nitrogen and oxygen atoms in total. The quantitative estimate of drug-likeness (QED) is 0.388. The summed E-state index contributed by atoms with van der Waals surface area (Å²) in [6.07, 6.45) is 2.55. The third kappa shape index (κ3) is 5.05. The molecule has 36 heavy (non-hydrogen) atoms. The third-order valence-electron chi connectivity index (χ3n) is 7.54. The third-order valence-corrected chi connectivity index (χ3v) is 9.06. The molecule has 2 N–H and O–H groups in total. The van der Waals surface area contributed by atoms with Gasteiger partial charge in [-0.05, 0) is 96.0 Å². The van der Waals surface area contributed by atoms with Gasteiger partial charge in [0.1, 0.15) is 0 Å². The van der Waals surface area contributed by atoms with E-state index in [2.05, 4.69) is 38.5 Å². The predicted molar refractivity (Wildman–Crippen MR) is 145 cm³/mol. The molecule has 0 saturated carbocycles. The van der Waals surface area contributed by atoms with Gasteiger partial charge >= 0.3 is 5.97 Å². The smallest absolute Gasteiger partial charge is 0.335 e. The zero-order chi connectivity index (χ0) is 26.5. The van der Waals surface area contributed by atoms with Crippen LogP contribution in [-0.4, -0.2) is 19.5 Å². The Morgan fingerprint density at radius 3 is 2.03 bits per heavy atom. The van der Waals surface area contributed by atoms with Crippen LogP contribution in [0, 0.1) is 13.8 Å². The highest BCUT2D eigenvalue weighted by molar-refractivity contribution is 7.92. The Hall–Kier alpha value is -3.12. The first-order valence-corrected chi connectivity index (χ1v) is 13.8. The van der Waals surface area contributed by atoms with E-state index in [1.165, 1.54) is 11.1 Å². The number of hydrogen-bond donors (Lipinski definition) is 2. The lowest BCUT2D eigenvalue weighted by molar-refractivity contribution is 0.0697. The first-order chi connectivity index (χ1) is 16.7. The number of aromatic carboxylic acids is 1. The lowest BCUT2D eigenvalue weighted by atomic mass is 9.62. The molecule has 6 heteroatoms. The van der Waals surface area contributed by atoms with Crippen molar-refractivity contribution in [3.63, 3.8) is 0 Å². The number of benzene rings is 3. The van der Waals surface area contributed by atoms with Gasteiger partial charge in [-0.15, -0.1) is 0 Å². The van der Waals surface area contributed by atoms with E-state index in [9.17, 15) is 18.3 Å². The van der Waals surface area contributed by atoms with E-state index in [0.717, 1.165) is 29.5 Å². The summed E-state index contributed by atoms with van der Waals surface area (Å²) in [5, 5.41) is 9.25. The molecule has 0 amide bonds. The lowest BCUT2D eigenvalue weighted by Gasteiger charge is -2.42. The minimum Gasteiger partial charge on any atom is -0.478 e. The number of carbonyl (C=O) groups is 1. The molecule has 0 atom stereocenters. The van der Waals surface area contributed by atoms with Gasteiger partial charge in [0.05, 0.1) is 16.1 Å². The molecule has 0 saturated heterocycles. The Kier molecular flexibility index (Phi) is 6.54. The monoisotopic (exact) mass is 505 g/mol. The van der Waals surface area contributed by atoms with E-state index >= 15 is 0 Å². The molecule has 0 heterocycles. The standard InChI is InChI=1S/C30H35NO4S/c1-19-7-12-27(20(2)15-19)36(34,35)31-26-18-25-24(29(3,4)13-14-30(25,5)6)17-23(26)16-21-8-10-22(11-9-21)28(32)33/h7-12,15,17-18,31H,13-14,16H2,1-6H3,(H,32,33). The van der Waals surface area contributed by atoms with E-state index in [4.69, 9.17) is 0 Å². The average molecular weight is 506 g/mol. The highest BCUT2D eigenvalue weighted by atomic mass is 32.2. The molecule has 1 aliphatic rings. The SMILES string of the molecule is Cc1ccc(S(=O)(=O)Nc2cc3c(cc2Cc2ccc(C(=O)O)cc2)C(C)(C)CCC3(C)C)c(C)c1. The fourth-order valence-electron chi connectivity index (χ4n) is 5.19. The van der Waals surface area contributed by atoms with Gasteiger partial charge < -0.3 is 5.11 Å². The van der Waals surface area contributed by atoms with Crippen molar-refractivity contribution in [3.8, 4) is 0 Å². The summed E-state index contributed by atoms with van der Waals surface area (Å²) < 4.78 is 30.0. The van der Waals surface area contributed by atoms with Crippen LogP contribution in [0.3, 0.4) is 0 Å². The van der Waals surface area contributed by atoms with Crippen LogP contribution < -0.4 is 4.72 Å². The van der Waals surface area contributed by atoms with Crippen LogP contribution in [0.2, 0.25) is 0 Å². The number of fused-ring (bicyclic) bond motifs is 1. The van der Waals surface area contributed by atoms with E-state index in [1.807, 2.05) is 32.0 Å². The Bertz CT molecular complexity index is 1430. The molecule has 0 unspecified atom stereocenters. The van der Waals surface area contributed by atoms with Crippen LogP contribution in [0.15, 0.2) is 59.5 Å². The van der Waals surface area contributed by atoms with Crippen molar-refractivity contribution >= 4 is 21.7 Å².